The van der Waals surface area contributed by atoms with Gasteiger partial charge in [-0.05, 0) is 48.4 Å². The summed E-state index contributed by atoms with van der Waals surface area (Å²) >= 11 is 0. The summed E-state index contributed by atoms with van der Waals surface area (Å²) < 4.78 is 11.0. The van der Waals surface area contributed by atoms with Crippen LogP contribution in [-0.4, -0.2) is 50.7 Å². The van der Waals surface area contributed by atoms with Crippen LogP contribution in [0.3, 0.4) is 0 Å². The largest absolute Gasteiger partial charge is 0.493 e. The van der Waals surface area contributed by atoms with Crippen LogP contribution in [-0.2, 0) is 11.3 Å². The van der Waals surface area contributed by atoms with Gasteiger partial charge in [0, 0.05) is 56.6 Å². The molecule has 1 heterocycles. The first kappa shape index (κ1) is 25.1. The highest BCUT2D eigenvalue weighted by Gasteiger charge is 2.17. The van der Waals surface area contributed by atoms with Gasteiger partial charge in [-0.2, -0.15) is 5.26 Å². The number of rotatable bonds is 10. The van der Waals surface area contributed by atoms with E-state index in [1.54, 1.807) is 18.2 Å². The molecular weight excluding hydrogens is 452 g/mol. The Morgan fingerprint density at radius 1 is 0.972 bits per heavy atom. The van der Waals surface area contributed by atoms with Gasteiger partial charge in [-0.1, -0.05) is 30.3 Å². The number of nitrogens with zero attached hydrogens (tertiary/aromatic N) is 3. The van der Waals surface area contributed by atoms with Crippen LogP contribution in [0.1, 0.15) is 24.0 Å². The average molecular weight is 485 g/mol. The number of nitrogens with one attached hydrogen (secondary N) is 1. The summed E-state index contributed by atoms with van der Waals surface area (Å²) in [5.74, 6) is 1.03. The summed E-state index contributed by atoms with van der Waals surface area (Å²) in [7, 11) is 1.54. The Hall–Kier alpha value is -4.02. The predicted molar refractivity (Wildman–Crippen MR) is 141 cm³/mol. The zero-order chi connectivity index (χ0) is 25.2. The van der Waals surface area contributed by atoms with E-state index in [0.717, 1.165) is 38.4 Å². The van der Waals surface area contributed by atoms with Crippen molar-refractivity contribution < 1.29 is 14.3 Å². The Bertz CT molecular complexity index is 1170. The van der Waals surface area contributed by atoms with Crippen molar-refractivity contribution in [1.29, 1.82) is 5.26 Å². The molecule has 0 spiro atoms. The van der Waals surface area contributed by atoms with Gasteiger partial charge in [0.1, 0.15) is 0 Å². The number of ether oxygens (including phenoxy) is 2. The topological polar surface area (TPSA) is 77.8 Å². The number of hydrogen-bond acceptors (Lipinski definition) is 6. The monoisotopic (exact) mass is 484 g/mol. The van der Waals surface area contributed by atoms with Crippen molar-refractivity contribution in [1.82, 2.24) is 4.90 Å². The Kier molecular flexibility index (Phi) is 8.79. The Morgan fingerprint density at radius 2 is 1.72 bits per heavy atom. The van der Waals surface area contributed by atoms with Crippen LogP contribution in [0.4, 0.5) is 11.4 Å². The van der Waals surface area contributed by atoms with Crippen molar-refractivity contribution in [3.63, 3.8) is 0 Å². The molecular formula is C29H32N4O3. The van der Waals surface area contributed by atoms with Gasteiger partial charge in [-0.15, -0.1) is 0 Å². The highest BCUT2D eigenvalue weighted by Crippen LogP contribution is 2.28. The zero-order valence-electron chi connectivity index (χ0n) is 20.7. The molecule has 1 aliphatic heterocycles. The number of benzene rings is 3. The lowest BCUT2D eigenvalue weighted by Gasteiger charge is -2.36. The van der Waals surface area contributed by atoms with Gasteiger partial charge < -0.3 is 19.7 Å². The number of nitriles is 1. The minimum Gasteiger partial charge on any atom is -0.493 e. The first-order valence-electron chi connectivity index (χ1n) is 12.3. The van der Waals surface area contributed by atoms with E-state index in [4.69, 9.17) is 14.7 Å². The van der Waals surface area contributed by atoms with E-state index in [2.05, 4.69) is 63.7 Å². The number of hydrogen-bond donors (Lipinski definition) is 1. The molecule has 1 fully saturated rings. The molecule has 186 valence electrons. The maximum atomic E-state index is 12.4. The van der Waals surface area contributed by atoms with E-state index in [-0.39, 0.29) is 5.91 Å². The highest BCUT2D eigenvalue weighted by molar-refractivity contribution is 5.90. The fourth-order valence-electron chi connectivity index (χ4n) is 4.26. The molecule has 1 amide bonds. The molecule has 0 saturated carbocycles. The van der Waals surface area contributed by atoms with Gasteiger partial charge in [-0.3, -0.25) is 9.69 Å². The van der Waals surface area contributed by atoms with Crippen molar-refractivity contribution in [3.05, 3.63) is 83.9 Å². The normalized spacial score (nSPS) is 13.6. The lowest BCUT2D eigenvalue weighted by molar-refractivity contribution is -0.116. The number of anilines is 2. The van der Waals surface area contributed by atoms with E-state index in [0.29, 0.717) is 36.5 Å². The molecule has 0 aromatic heterocycles. The molecule has 0 aliphatic carbocycles. The van der Waals surface area contributed by atoms with E-state index in [9.17, 15) is 4.79 Å². The standard InChI is InChI=1S/C29H32N4O3/c1-35-28-20-24(21-30)9-14-27(28)36-19-5-8-29(34)31-25-10-12-26(13-11-25)33-17-15-32(16-18-33)22-23-6-3-2-4-7-23/h2-4,6-7,9-14,20H,5,8,15-19,22H2,1H3,(H,31,34). The maximum absolute atomic E-state index is 12.4. The molecule has 1 aliphatic rings. The molecule has 1 N–H and O–H groups in total. The second kappa shape index (κ2) is 12.6. The fraction of sp³-hybridized carbons (Fsp3) is 0.310. The minimum absolute atomic E-state index is 0.0485. The van der Waals surface area contributed by atoms with Crippen LogP contribution < -0.4 is 19.7 Å². The van der Waals surface area contributed by atoms with Crippen LogP contribution in [0.5, 0.6) is 11.5 Å². The van der Waals surface area contributed by atoms with E-state index in [1.807, 2.05) is 12.1 Å². The Balaban J connectivity index is 1.17. The lowest BCUT2D eigenvalue weighted by atomic mass is 10.2. The summed E-state index contributed by atoms with van der Waals surface area (Å²) in [6.07, 6.45) is 0.921. The number of methoxy groups -OCH3 is 1. The van der Waals surface area contributed by atoms with Crippen molar-refractivity contribution in [2.45, 2.75) is 19.4 Å². The molecule has 0 atom stereocenters. The van der Waals surface area contributed by atoms with Crippen LogP contribution in [0.2, 0.25) is 0 Å². The summed E-state index contributed by atoms with van der Waals surface area (Å²) in [5.41, 5.74) is 3.83. The first-order valence-corrected chi connectivity index (χ1v) is 12.3. The molecule has 0 bridgehead atoms. The summed E-state index contributed by atoms with van der Waals surface area (Å²) in [5, 5.41) is 11.9. The number of carbonyl (C=O) groups is 1. The van der Waals surface area contributed by atoms with Crippen LogP contribution in [0.15, 0.2) is 72.8 Å². The van der Waals surface area contributed by atoms with Crippen LogP contribution in [0, 0.1) is 11.3 Å². The van der Waals surface area contributed by atoms with Crippen LogP contribution >= 0.6 is 0 Å². The van der Waals surface area contributed by atoms with Gasteiger partial charge >= 0.3 is 0 Å². The molecule has 7 nitrogen and oxygen atoms in total. The average Bonchev–Trinajstić information content (AvgIpc) is 2.92. The number of amides is 1. The van der Waals surface area contributed by atoms with Gasteiger partial charge in [-0.25, -0.2) is 0 Å². The fourth-order valence-corrected chi connectivity index (χ4v) is 4.26. The quantitative estimate of drug-likeness (QED) is 0.421. The van der Waals surface area contributed by atoms with Crippen molar-refractivity contribution >= 4 is 17.3 Å². The van der Waals surface area contributed by atoms with E-state index < -0.39 is 0 Å². The van der Waals surface area contributed by atoms with Crippen molar-refractivity contribution in [2.75, 3.05) is 50.1 Å². The highest BCUT2D eigenvalue weighted by atomic mass is 16.5. The Morgan fingerprint density at radius 3 is 2.42 bits per heavy atom. The first-order chi connectivity index (χ1) is 17.6. The van der Waals surface area contributed by atoms with E-state index in [1.165, 1.54) is 18.4 Å². The van der Waals surface area contributed by atoms with Crippen LogP contribution in [0.25, 0.3) is 0 Å². The third kappa shape index (κ3) is 7.00. The van der Waals surface area contributed by atoms with Gasteiger partial charge in [0.15, 0.2) is 11.5 Å². The smallest absolute Gasteiger partial charge is 0.224 e. The predicted octanol–water partition coefficient (Wildman–Crippen LogP) is 4.69. The zero-order valence-corrected chi connectivity index (χ0v) is 20.7. The van der Waals surface area contributed by atoms with Gasteiger partial charge in [0.05, 0.1) is 25.3 Å². The van der Waals surface area contributed by atoms with Crippen molar-refractivity contribution in [3.8, 4) is 17.6 Å². The molecule has 36 heavy (non-hydrogen) atoms. The number of carbonyl (C=O) groups excluding carboxylic acids is 1. The molecule has 0 unspecified atom stereocenters. The second-order valence-electron chi connectivity index (χ2n) is 8.77. The summed E-state index contributed by atoms with van der Waals surface area (Å²) in [4.78, 5) is 17.2. The lowest BCUT2D eigenvalue weighted by Crippen LogP contribution is -2.45. The summed E-state index contributed by atoms with van der Waals surface area (Å²) in [6, 6.07) is 25.8. The second-order valence-corrected chi connectivity index (χ2v) is 8.77. The van der Waals surface area contributed by atoms with E-state index >= 15 is 0 Å². The van der Waals surface area contributed by atoms with Gasteiger partial charge in [0.2, 0.25) is 5.91 Å². The molecule has 4 rings (SSSR count). The van der Waals surface area contributed by atoms with Crippen molar-refractivity contribution in [2.24, 2.45) is 0 Å². The third-order valence-corrected chi connectivity index (χ3v) is 6.24. The Labute approximate surface area is 212 Å². The molecule has 7 heteroatoms. The maximum Gasteiger partial charge on any atom is 0.224 e. The molecule has 3 aromatic rings. The molecule has 0 radical (unpaired) electrons. The summed E-state index contributed by atoms with van der Waals surface area (Å²) in [6.45, 7) is 5.41. The SMILES string of the molecule is COc1cc(C#N)ccc1OCCCC(=O)Nc1ccc(N2CCN(Cc3ccccc3)CC2)cc1. The van der Waals surface area contributed by atoms with Gasteiger partial charge in [0.25, 0.3) is 0 Å². The third-order valence-electron chi connectivity index (χ3n) is 6.24. The molecule has 1 saturated heterocycles. The number of piperazine rings is 1. The molecule has 3 aromatic carbocycles. The minimum atomic E-state index is -0.0485.